The van der Waals surface area contributed by atoms with Gasteiger partial charge in [0.15, 0.2) is 0 Å². The van der Waals surface area contributed by atoms with Gasteiger partial charge < -0.3 is 0 Å². The lowest BCUT2D eigenvalue weighted by Crippen LogP contribution is -2.34. The van der Waals surface area contributed by atoms with Gasteiger partial charge in [-0.05, 0) is 109 Å². The Kier molecular flexibility index (Phi) is 6.90. The van der Waals surface area contributed by atoms with E-state index >= 15 is 0 Å². The summed E-state index contributed by atoms with van der Waals surface area (Å²) in [6, 6.07) is 41.9. The minimum atomic E-state index is 0.998. The molecular formula is C46H32S2. The molecule has 2 heterocycles. The first-order chi connectivity index (χ1) is 23.6. The number of rotatable bonds is 6. The number of hydrogen-bond acceptors (Lipinski definition) is 2. The van der Waals surface area contributed by atoms with Crippen LogP contribution in [0.15, 0.2) is 135 Å². The van der Waals surface area contributed by atoms with E-state index in [0.717, 1.165) is 35.1 Å². The SMILES string of the molecule is C=Cc1ccccc1C(=C)c1c2c(c(C(=C)c3cc4c(cc3-c3cc5ccccc5s3)sc3ccccc34)c3ccccc13)=CCCC=2. The zero-order valence-corrected chi connectivity index (χ0v) is 28.2. The van der Waals surface area contributed by atoms with Gasteiger partial charge in [0.05, 0.1) is 0 Å². The van der Waals surface area contributed by atoms with E-state index in [2.05, 4.69) is 134 Å². The second-order valence-corrected chi connectivity index (χ2v) is 14.7. The van der Waals surface area contributed by atoms with Crippen molar-refractivity contribution < 1.29 is 0 Å². The first-order valence-electron chi connectivity index (χ1n) is 16.4. The van der Waals surface area contributed by atoms with E-state index in [1.807, 2.05) is 28.7 Å². The minimum Gasteiger partial charge on any atom is -0.135 e. The zero-order valence-electron chi connectivity index (χ0n) is 26.6. The van der Waals surface area contributed by atoms with Crippen LogP contribution in [0.25, 0.3) is 80.8 Å². The van der Waals surface area contributed by atoms with Gasteiger partial charge in [0.25, 0.3) is 0 Å². The van der Waals surface area contributed by atoms with E-state index in [9.17, 15) is 0 Å². The molecule has 0 radical (unpaired) electrons. The summed E-state index contributed by atoms with van der Waals surface area (Å²) in [6.45, 7) is 13.8. The fraction of sp³-hybridized carbons (Fsp3) is 0.0435. The van der Waals surface area contributed by atoms with Crippen LogP contribution in [0, 0.1) is 0 Å². The summed E-state index contributed by atoms with van der Waals surface area (Å²) in [7, 11) is 0. The smallest absolute Gasteiger partial charge is 0.0362 e. The molecule has 0 spiro atoms. The summed E-state index contributed by atoms with van der Waals surface area (Å²) in [5.41, 5.74) is 9.14. The molecule has 8 aromatic rings. The third-order valence-corrected chi connectivity index (χ3v) is 12.1. The van der Waals surface area contributed by atoms with Gasteiger partial charge >= 0.3 is 0 Å². The van der Waals surface area contributed by atoms with Gasteiger partial charge in [0.1, 0.15) is 0 Å². The molecule has 0 unspecified atom stereocenters. The van der Waals surface area contributed by atoms with Crippen molar-refractivity contribution in [1.82, 2.24) is 0 Å². The van der Waals surface area contributed by atoms with Crippen molar-refractivity contribution in [3.8, 4) is 10.4 Å². The maximum absolute atomic E-state index is 4.96. The third kappa shape index (κ3) is 4.48. The molecule has 0 atom stereocenters. The molecule has 0 saturated heterocycles. The largest absolute Gasteiger partial charge is 0.135 e. The topological polar surface area (TPSA) is 0 Å². The number of fused-ring (bicyclic) bond motifs is 6. The van der Waals surface area contributed by atoms with Crippen LogP contribution in [0.5, 0.6) is 0 Å². The van der Waals surface area contributed by atoms with Crippen LogP contribution in [-0.2, 0) is 0 Å². The third-order valence-electron chi connectivity index (χ3n) is 9.80. The lowest BCUT2D eigenvalue weighted by molar-refractivity contribution is 1.11. The normalized spacial score (nSPS) is 12.6. The van der Waals surface area contributed by atoms with Crippen LogP contribution >= 0.6 is 22.7 Å². The molecule has 2 heteroatoms. The van der Waals surface area contributed by atoms with E-state index in [1.54, 1.807) is 0 Å². The van der Waals surface area contributed by atoms with Crippen LogP contribution in [0.2, 0.25) is 0 Å². The fourth-order valence-corrected chi connectivity index (χ4v) is 9.79. The maximum Gasteiger partial charge on any atom is 0.0362 e. The molecule has 9 rings (SSSR count). The van der Waals surface area contributed by atoms with E-state index in [-0.39, 0.29) is 0 Å². The van der Waals surface area contributed by atoms with Crippen LogP contribution in [0.4, 0.5) is 0 Å². The predicted molar refractivity (Wildman–Crippen MR) is 214 cm³/mol. The van der Waals surface area contributed by atoms with Crippen molar-refractivity contribution in [2.24, 2.45) is 0 Å². The van der Waals surface area contributed by atoms with Gasteiger partial charge in [-0.1, -0.05) is 123 Å². The number of thiophene rings is 2. The maximum atomic E-state index is 4.96. The summed E-state index contributed by atoms with van der Waals surface area (Å²) < 4.78 is 3.92. The van der Waals surface area contributed by atoms with Crippen molar-refractivity contribution in [3.63, 3.8) is 0 Å². The van der Waals surface area contributed by atoms with Gasteiger partial charge in [-0.15, -0.1) is 22.7 Å². The van der Waals surface area contributed by atoms with Crippen molar-refractivity contribution in [1.29, 1.82) is 0 Å². The van der Waals surface area contributed by atoms with Crippen molar-refractivity contribution in [2.45, 2.75) is 12.8 Å². The molecule has 0 saturated carbocycles. The Morgan fingerprint density at radius 1 is 0.542 bits per heavy atom. The average molecular weight is 649 g/mol. The van der Waals surface area contributed by atoms with Crippen LogP contribution in [0.3, 0.4) is 0 Å². The Morgan fingerprint density at radius 2 is 1.15 bits per heavy atom. The summed E-state index contributed by atoms with van der Waals surface area (Å²) in [5.74, 6) is 0. The summed E-state index contributed by atoms with van der Waals surface area (Å²) in [4.78, 5) is 1.27. The lowest BCUT2D eigenvalue weighted by atomic mass is 9.82. The van der Waals surface area contributed by atoms with Gasteiger partial charge in [0, 0.05) is 35.3 Å². The molecule has 6 aromatic carbocycles. The van der Waals surface area contributed by atoms with E-state index < -0.39 is 0 Å². The highest BCUT2D eigenvalue weighted by atomic mass is 32.1. The average Bonchev–Trinajstić information content (AvgIpc) is 3.74. The minimum absolute atomic E-state index is 0.998. The monoisotopic (exact) mass is 648 g/mol. The highest BCUT2D eigenvalue weighted by Crippen LogP contribution is 2.44. The van der Waals surface area contributed by atoms with Gasteiger partial charge in [0.2, 0.25) is 0 Å². The molecule has 0 fully saturated rings. The highest BCUT2D eigenvalue weighted by Gasteiger charge is 2.22. The first-order valence-corrected chi connectivity index (χ1v) is 18.0. The lowest BCUT2D eigenvalue weighted by Gasteiger charge is -2.21. The molecular weight excluding hydrogens is 617 g/mol. The second-order valence-electron chi connectivity index (χ2n) is 12.5. The van der Waals surface area contributed by atoms with Crippen molar-refractivity contribution in [3.05, 3.63) is 173 Å². The second kappa shape index (κ2) is 11.5. The summed E-state index contributed by atoms with van der Waals surface area (Å²) >= 11 is 3.73. The van der Waals surface area contributed by atoms with Crippen LogP contribution in [0.1, 0.15) is 40.7 Å². The van der Waals surface area contributed by atoms with Crippen LogP contribution < -0.4 is 10.4 Å². The number of hydrogen-bond donors (Lipinski definition) is 0. The highest BCUT2D eigenvalue weighted by molar-refractivity contribution is 7.26. The summed E-state index contributed by atoms with van der Waals surface area (Å²) in [5, 5.41) is 8.79. The molecule has 48 heavy (non-hydrogen) atoms. The van der Waals surface area contributed by atoms with Crippen LogP contribution in [-0.4, -0.2) is 0 Å². The molecule has 2 aromatic heterocycles. The zero-order chi connectivity index (χ0) is 32.4. The molecule has 1 aliphatic rings. The predicted octanol–water partition coefficient (Wildman–Crippen LogP) is 12.2. The molecule has 0 bridgehead atoms. The first kappa shape index (κ1) is 28.9. The fourth-order valence-electron chi connectivity index (χ4n) is 7.57. The van der Waals surface area contributed by atoms with E-state index in [0.29, 0.717) is 0 Å². The van der Waals surface area contributed by atoms with E-state index in [4.69, 9.17) is 13.2 Å². The molecule has 0 aliphatic heterocycles. The van der Waals surface area contributed by atoms with Gasteiger partial charge in [-0.2, -0.15) is 0 Å². The Morgan fingerprint density at radius 3 is 1.85 bits per heavy atom. The molecule has 0 nitrogen and oxygen atoms in total. The van der Waals surface area contributed by atoms with Crippen molar-refractivity contribution in [2.75, 3.05) is 0 Å². The summed E-state index contributed by atoms with van der Waals surface area (Å²) in [6.07, 6.45) is 8.77. The molecule has 228 valence electrons. The Hall–Kier alpha value is -5.28. The Bertz CT molecular complexity index is 2750. The van der Waals surface area contributed by atoms with Crippen molar-refractivity contribution >= 4 is 93.1 Å². The molecule has 0 N–H and O–H groups in total. The molecule has 1 aliphatic carbocycles. The Labute approximate surface area is 288 Å². The number of benzene rings is 6. The standard InChI is InChI=1S/C46H32S2/c1-4-30-15-5-7-17-32(30)28(2)45-34-19-8-10-21-36(34)46(37-22-11-9-20-35(37)45)29(3)38-26-39-33-18-12-14-24-42(33)48-44(39)27-40(38)43-25-31-16-6-13-23-41(31)47-43/h4-8,10,12-27H,1-3,9,11H2. The quantitative estimate of drug-likeness (QED) is 0.168. The van der Waals surface area contributed by atoms with Gasteiger partial charge in [-0.25, -0.2) is 0 Å². The van der Waals surface area contributed by atoms with E-state index in [1.165, 1.54) is 78.6 Å². The van der Waals surface area contributed by atoms with Gasteiger partial charge in [-0.3, -0.25) is 0 Å². The Balaban J connectivity index is 1.35. The molecule has 0 amide bonds.